The number of methoxy groups -OCH3 is 2. The molecule has 0 bridgehead atoms. The molecule has 0 heterocycles. The predicted octanol–water partition coefficient (Wildman–Crippen LogP) is 10.5. The molecule has 0 aromatic heterocycles. The lowest BCUT2D eigenvalue weighted by atomic mass is 9.99. The van der Waals surface area contributed by atoms with Gasteiger partial charge in [0.1, 0.15) is 23.0 Å². The van der Waals surface area contributed by atoms with Crippen molar-refractivity contribution in [3.8, 4) is 23.0 Å². The molecule has 4 aromatic carbocycles. The summed E-state index contributed by atoms with van der Waals surface area (Å²) in [5.74, 6) is 2.17. The van der Waals surface area contributed by atoms with Gasteiger partial charge in [0.2, 0.25) is 0 Å². The molecule has 0 amide bonds. The van der Waals surface area contributed by atoms with Crippen LogP contribution < -0.4 is 9.47 Å². The highest BCUT2D eigenvalue weighted by atomic mass is 79.9. The van der Waals surface area contributed by atoms with Crippen molar-refractivity contribution in [2.75, 3.05) is 19.6 Å². The number of phenolic OH excluding ortho intramolecular Hbond substituents is 2. The number of rotatable bonds is 6. The van der Waals surface area contributed by atoms with Crippen LogP contribution in [0.5, 0.6) is 23.0 Å². The van der Waals surface area contributed by atoms with Gasteiger partial charge >= 0.3 is 3.18 Å². The molecule has 0 atom stereocenters. The molecule has 10 heteroatoms. The maximum Gasteiger partial charge on any atom is 0.369 e. The third-order valence-corrected chi connectivity index (χ3v) is 5.31. The van der Waals surface area contributed by atoms with Crippen LogP contribution in [0.2, 0.25) is 0 Å². The van der Waals surface area contributed by atoms with Crippen LogP contribution in [0.25, 0.3) is 11.1 Å². The summed E-state index contributed by atoms with van der Waals surface area (Å²) in [4.78, 5) is 0. The van der Waals surface area contributed by atoms with E-state index in [0.717, 1.165) is 44.9 Å². The predicted molar refractivity (Wildman–Crippen MR) is 188 cm³/mol. The Morgan fingerprint density at radius 3 is 0.976 bits per heavy atom. The van der Waals surface area contributed by atoms with Gasteiger partial charge in [-0.25, -0.2) is 0 Å². The van der Waals surface area contributed by atoms with E-state index >= 15 is 0 Å². The first-order valence-corrected chi connectivity index (χ1v) is 15.7. The van der Waals surface area contributed by atoms with Gasteiger partial charge in [0.05, 0.1) is 19.6 Å². The zero-order valence-corrected chi connectivity index (χ0v) is 28.8. The van der Waals surface area contributed by atoms with Gasteiger partial charge in [-0.3, -0.25) is 0 Å². The van der Waals surface area contributed by atoms with Crippen molar-refractivity contribution in [2.24, 2.45) is 0 Å². The molecular weight excluding hydrogens is 758 g/mol. The molecule has 4 rings (SSSR count). The van der Waals surface area contributed by atoms with E-state index in [2.05, 4.69) is 60.4 Å². The van der Waals surface area contributed by atoms with E-state index in [0.29, 0.717) is 0 Å². The lowest BCUT2D eigenvalue weighted by Gasteiger charge is -2.08. The molecular formula is C31H30BBr3Cl2O4. The summed E-state index contributed by atoms with van der Waals surface area (Å²) >= 11 is 18.8. The van der Waals surface area contributed by atoms with Gasteiger partial charge in [-0.05, 0) is 81.9 Å². The van der Waals surface area contributed by atoms with Crippen molar-refractivity contribution in [1.82, 2.24) is 0 Å². The second kappa shape index (κ2) is 20.5. The molecule has 0 radical (unpaired) electrons. The summed E-state index contributed by atoms with van der Waals surface area (Å²) < 4.78 is 10.5. The summed E-state index contributed by atoms with van der Waals surface area (Å²) in [6.07, 6.45) is 0. The summed E-state index contributed by atoms with van der Waals surface area (Å²) in [6.45, 7) is 8.12. The molecule has 0 spiro atoms. The lowest BCUT2D eigenvalue weighted by Crippen LogP contribution is -1.88. The van der Waals surface area contributed by atoms with Crippen LogP contribution in [0.3, 0.4) is 0 Å². The summed E-state index contributed by atoms with van der Waals surface area (Å²) in [6, 6.07) is 29.5. The van der Waals surface area contributed by atoms with E-state index in [4.69, 9.17) is 32.7 Å². The van der Waals surface area contributed by atoms with Crippen molar-refractivity contribution in [1.29, 1.82) is 0 Å². The summed E-state index contributed by atoms with van der Waals surface area (Å²) in [5, 5.41) is 18.6. The van der Waals surface area contributed by atoms with Crippen molar-refractivity contribution >= 4 is 84.8 Å². The summed E-state index contributed by atoms with van der Waals surface area (Å²) in [5.41, 5.74) is 5.91. The van der Waals surface area contributed by atoms with Crippen molar-refractivity contribution in [3.05, 3.63) is 132 Å². The average Bonchev–Trinajstić information content (AvgIpc) is 2.98. The van der Waals surface area contributed by atoms with Crippen LogP contribution in [0.15, 0.2) is 110 Å². The Bertz CT molecular complexity index is 1220. The van der Waals surface area contributed by atoms with Crippen LogP contribution >= 0.6 is 70.5 Å². The molecule has 0 saturated carbocycles. The molecule has 0 aliphatic carbocycles. The van der Waals surface area contributed by atoms with E-state index in [1.807, 2.05) is 72.8 Å². The first-order valence-electron chi connectivity index (χ1n) is 11.9. The standard InChI is InChI=1S/C16H16O2.C14H12O2.CH2Cl2.BBr3/c1-12(13-4-8-15(17-2)9-5-13)14-6-10-16(18-3)11-7-14;1-10(11-2-6-13(15)7-3-11)12-4-8-14(16)9-5-12;2-1-3;2-1(3)4/h4-11H,1H2,2-3H3;2-9,15-16H,1H2;1H2;. The van der Waals surface area contributed by atoms with Gasteiger partial charge in [-0.15, -0.1) is 70.5 Å². The Balaban J connectivity index is 0.000000336. The topological polar surface area (TPSA) is 58.9 Å². The highest BCUT2D eigenvalue weighted by molar-refractivity contribution is 9.69. The average molecular weight is 788 g/mol. The number of hydrogen-bond acceptors (Lipinski definition) is 4. The van der Waals surface area contributed by atoms with Gasteiger partial charge < -0.3 is 19.7 Å². The molecule has 216 valence electrons. The highest BCUT2D eigenvalue weighted by Crippen LogP contribution is 2.26. The Labute approximate surface area is 277 Å². The minimum absolute atomic E-state index is 0.194. The number of aromatic hydroxyl groups is 2. The van der Waals surface area contributed by atoms with Crippen LogP contribution in [-0.2, 0) is 0 Å². The third-order valence-electron chi connectivity index (χ3n) is 5.31. The number of alkyl halides is 2. The molecule has 0 aliphatic rings. The summed E-state index contributed by atoms with van der Waals surface area (Å²) in [7, 11) is 3.32. The molecule has 0 unspecified atom stereocenters. The molecule has 4 aromatic rings. The van der Waals surface area contributed by atoms with Gasteiger partial charge in [0.25, 0.3) is 0 Å². The first-order chi connectivity index (χ1) is 19.6. The minimum atomic E-state index is 0.194. The van der Waals surface area contributed by atoms with E-state index in [1.165, 1.54) is 0 Å². The number of hydrogen-bond donors (Lipinski definition) is 2. The second-order valence-electron chi connectivity index (χ2n) is 7.86. The lowest BCUT2D eigenvalue weighted by molar-refractivity contribution is 0.414. The Kier molecular flexibility index (Phi) is 18.3. The zero-order valence-electron chi connectivity index (χ0n) is 22.5. The highest BCUT2D eigenvalue weighted by Gasteiger charge is 2.04. The van der Waals surface area contributed by atoms with Crippen molar-refractivity contribution in [3.63, 3.8) is 0 Å². The largest absolute Gasteiger partial charge is 0.508 e. The third kappa shape index (κ3) is 14.4. The number of benzene rings is 4. The fraction of sp³-hybridized carbons (Fsp3) is 0.0968. The van der Waals surface area contributed by atoms with Crippen LogP contribution in [0, 0.1) is 0 Å². The molecule has 4 nitrogen and oxygen atoms in total. The van der Waals surface area contributed by atoms with Crippen molar-refractivity contribution in [2.45, 2.75) is 0 Å². The van der Waals surface area contributed by atoms with Crippen molar-refractivity contribution < 1.29 is 19.7 Å². The minimum Gasteiger partial charge on any atom is -0.508 e. The van der Waals surface area contributed by atoms with Crippen LogP contribution in [-0.4, -0.2) is 33.0 Å². The number of ether oxygens (including phenoxy) is 2. The Morgan fingerprint density at radius 1 is 0.585 bits per heavy atom. The molecule has 0 fully saturated rings. The molecule has 0 saturated heterocycles. The number of halogens is 5. The second-order valence-corrected chi connectivity index (χ2v) is 15.1. The maximum absolute atomic E-state index is 9.18. The Hall–Kier alpha value is -2.36. The monoisotopic (exact) mass is 784 g/mol. The van der Waals surface area contributed by atoms with Crippen LogP contribution in [0.1, 0.15) is 22.3 Å². The fourth-order valence-corrected chi connectivity index (χ4v) is 3.24. The maximum atomic E-state index is 9.18. The Morgan fingerprint density at radius 2 is 0.780 bits per heavy atom. The van der Waals surface area contributed by atoms with E-state index in [9.17, 15) is 10.2 Å². The van der Waals surface area contributed by atoms with E-state index < -0.39 is 0 Å². The van der Waals surface area contributed by atoms with Crippen LogP contribution in [0.4, 0.5) is 0 Å². The van der Waals surface area contributed by atoms with Gasteiger partial charge in [-0.2, -0.15) is 0 Å². The first kappa shape index (κ1) is 36.7. The normalized spacial score (nSPS) is 9.34. The zero-order chi connectivity index (χ0) is 30.8. The molecule has 0 aliphatic heterocycles. The SMILES string of the molecule is BrB(Br)Br.C=C(c1ccc(O)cc1)c1ccc(O)cc1.C=C(c1ccc(OC)cc1)c1ccc(OC)cc1.ClCCl. The van der Waals surface area contributed by atoms with Gasteiger partial charge in [-0.1, -0.05) is 61.7 Å². The van der Waals surface area contributed by atoms with Gasteiger partial charge in [0, 0.05) is 0 Å². The molecule has 2 N–H and O–H groups in total. The smallest absolute Gasteiger partial charge is 0.369 e. The quantitative estimate of drug-likeness (QED) is 0.151. The van der Waals surface area contributed by atoms with E-state index in [1.54, 1.807) is 38.5 Å². The number of phenols is 2. The van der Waals surface area contributed by atoms with Gasteiger partial charge in [0.15, 0.2) is 0 Å². The fourth-order valence-electron chi connectivity index (χ4n) is 3.24. The molecule has 41 heavy (non-hydrogen) atoms. The van der Waals surface area contributed by atoms with E-state index in [-0.39, 0.29) is 20.0 Å².